The van der Waals surface area contributed by atoms with Crippen molar-refractivity contribution in [3.05, 3.63) is 77.0 Å². The molecule has 33 heavy (non-hydrogen) atoms. The summed E-state index contributed by atoms with van der Waals surface area (Å²) in [5.41, 5.74) is 3.66. The van der Waals surface area contributed by atoms with Crippen LogP contribution in [0.15, 0.2) is 65.6 Å². The summed E-state index contributed by atoms with van der Waals surface area (Å²) < 4.78 is 26.4. The molecule has 0 bridgehead atoms. The Morgan fingerprint density at radius 1 is 1.12 bits per heavy atom. The van der Waals surface area contributed by atoms with Crippen molar-refractivity contribution < 1.29 is 9.11 Å². The Hall–Kier alpha value is -2.25. The summed E-state index contributed by atoms with van der Waals surface area (Å²) in [6.07, 6.45) is 7.69. The van der Waals surface area contributed by atoms with Gasteiger partial charge in [0.2, 0.25) is 0 Å². The van der Waals surface area contributed by atoms with Gasteiger partial charge in [0.25, 0.3) is 0 Å². The number of rotatable bonds is 5. The molecule has 1 aromatic carbocycles. The third kappa shape index (κ3) is 4.85. The summed E-state index contributed by atoms with van der Waals surface area (Å²) in [5, 5.41) is 5.29. The second-order valence-electron chi connectivity index (χ2n) is 9.73. The van der Waals surface area contributed by atoms with Gasteiger partial charge in [-0.25, -0.2) is 4.52 Å². The summed E-state index contributed by atoms with van der Waals surface area (Å²) in [4.78, 5) is 0.420. The number of allylic oxidation sites excluding steroid dienone is 4. The van der Waals surface area contributed by atoms with Crippen LogP contribution in [-0.4, -0.2) is 18.7 Å². The van der Waals surface area contributed by atoms with Gasteiger partial charge in [-0.15, -0.1) is 0 Å². The average molecular weight is 486 g/mol. The first-order valence-electron chi connectivity index (χ1n) is 11.2. The minimum Gasteiger partial charge on any atom is -0.278 e. The molecule has 2 atom stereocenters. The van der Waals surface area contributed by atoms with Gasteiger partial charge in [-0.05, 0) is 65.1 Å². The molecule has 5 nitrogen and oxygen atoms in total. The Bertz CT molecular complexity index is 1220. The van der Waals surface area contributed by atoms with Crippen molar-refractivity contribution in [2.75, 3.05) is 4.72 Å². The molecule has 0 spiro atoms. The summed E-state index contributed by atoms with van der Waals surface area (Å²) in [5.74, 6) is 1.42. The molecule has 0 saturated heterocycles. The molecule has 2 aromatic heterocycles. The maximum Gasteiger partial charge on any atom is 0.146 e. The Morgan fingerprint density at radius 2 is 1.82 bits per heavy atom. The SMILES string of the molecule is CCC1C=CC(c2cc3c(Cl)ccc(NS(O)(O)c4ccc(C(C)(C)C)cc4)n3n2)=CC1C. The number of hydrogen-bond donors (Lipinski definition) is 3. The minimum absolute atomic E-state index is 0.0143. The zero-order chi connectivity index (χ0) is 24.0. The van der Waals surface area contributed by atoms with Gasteiger partial charge in [-0.2, -0.15) is 5.10 Å². The van der Waals surface area contributed by atoms with Crippen molar-refractivity contribution in [3.63, 3.8) is 0 Å². The van der Waals surface area contributed by atoms with Crippen molar-refractivity contribution in [1.29, 1.82) is 0 Å². The van der Waals surface area contributed by atoms with E-state index < -0.39 is 10.8 Å². The van der Waals surface area contributed by atoms with Crippen LogP contribution in [0.4, 0.5) is 5.82 Å². The van der Waals surface area contributed by atoms with Gasteiger partial charge in [0, 0.05) is 0 Å². The fourth-order valence-electron chi connectivity index (χ4n) is 4.15. The van der Waals surface area contributed by atoms with E-state index in [0.717, 1.165) is 23.3 Å². The predicted octanol–water partition coefficient (Wildman–Crippen LogP) is 8.04. The zero-order valence-electron chi connectivity index (χ0n) is 19.7. The molecule has 0 aliphatic heterocycles. The monoisotopic (exact) mass is 485 g/mol. The molecule has 2 heterocycles. The lowest BCUT2D eigenvalue weighted by molar-refractivity contribution is 0.493. The lowest BCUT2D eigenvalue weighted by atomic mass is 9.85. The number of nitrogens with zero attached hydrogens (tertiary/aromatic N) is 2. The molecule has 0 saturated carbocycles. The normalized spacial score (nSPS) is 19.6. The topological polar surface area (TPSA) is 69.8 Å². The number of anilines is 1. The number of nitrogens with one attached hydrogen (secondary N) is 1. The maximum atomic E-state index is 10.9. The molecule has 0 radical (unpaired) electrons. The third-order valence-corrected chi connectivity index (χ3v) is 8.02. The smallest absolute Gasteiger partial charge is 0.146 e. The highest BCUT2D eigenvalue weighted by atomic mass is 35.5. The van der Waals surface area contributed by atoms with Crippen LogP contribution in [0.5, 0.6) is 0 Å². The van der Waals surface area contributed by atoms with E-state index in [4.69, 9.17) is 16.7 Å². The van der Waals surface area contributed by atoms with Gasteiger partial charge >= 0.3 is 0 Å². The second kappa shape index (κ2) is 8.84. The fraction of sp³-hybridized carbons (Fsp3) is 0.346. The second-order valence-corrected chi connectivity index (χ2v) is 11.9. The Labute approximate surface area is 202 Å². The number of aromatic nitrogens is 2. The molecule has 0 fully saturated rings. The minimum atomic E-state index is -3.30. The summed E-state index contributed by atoms with van der Waals surface area (Å²) in [6.45, 7) is 10.8. The quantitative estimate of drug-likeness (QED) is 0.342. The third-order valence-electron chi connectivity index (χ3n) is 6.27. The molecular weight excluding hydrogens is 454 g/mol. The first-order valence-corrected chi connectivity index (χ1v) is 13.2. The highest BCUT2D eigenvalue weighted by Gasteiger charge is 2.22. The van der Waals surface area contributed by atoms with Crippen molar-refractivity contribution in [1.82, 2.24) is 9.61 Å². The first kappa shape index (κ1) is 23.9. The molecule has 176 valence electrons. The van der Waals surface area contributed by atoms with Gasteiger partial charge < -0.3 is 0 Å². The van der Waals surface area contributed by atoms with Crippen LogP contribution in [0, 0.1) is 11.8 Å². The van der Waals surface area contributed by atoms with Gasteiger partial charge in [-0.3, -0.25) is 13.8 Å². The maximum absolute atomic E-state index is 10.9. The highest BCUT2D eigenvalue weighted by molar-refractivity contribution is 8.25. The standard InChI is InChI=1S/C26H32ClN3O2S/c1-6-18-7-8-19(15-17(18)2)23-16-24-22(27)13-14-25(30(24)28-23)29-33(31,32)21-11-9-20(10-12-21)26(3,4)5/h7-18,29,31-32H,6H2,1-5H3. The number of halogens is 1. The zero-order valence-corrected chi connectivity index (χ0v) is 21.3. The van der Waals surface area contributed by atoms with Crippen LogP contribution < -0.4 is 4.72 Å². The van der Waals surface area contributed by atoms with Gasteiger partial charge in [0.05, 0.1) is 21.1 Å². The van der Waals surface area contributed by atoms with E-state index in [2.05, 4.69) is 57.6 Å². The van der Waals surface area contributed by atoms with E-state index >= 15 is 0 Å². The van der Waals surface area contributed by atoms with Crippen LogP contribution >= 0.6 is 22.4 Å². The highest BCUT2D eigenvalue weighted by Crippen LogP contribution is 2.48. The Balaban J connectivity index is 1.67. The van der Waals surface area contributed by atoms with Crippen LogP contribution in [0.2, 0.25) is 5.02 Å². The summed E-state index contributed by atoms with van der Waals surface area (Å²) >= 11 is 6.46. The summed E-state index contributed by atoms with van der Waals surface area (Å²) in [6, 6.07) is 12.8. The van der Waals surface area contributed by atoms with E-state index in [0.29, 0.717) is 33.1 Å². The fourth-order valence-corrected chi connectivity index (χ4v) is 5.43. The predicted molar refractivity (Wildman–Crippen MR) is 140 cm³/mol. The van der Waals surface area contributed by atoms with E-state index in [1.54, 1.807) is 28.8 Å². The van der Waals surface area contributed by atoms with Gasteiger partial charge in [-0.1, -0.05) is 87.4 Å². The molecule has 3 N–H and O–H groups in total. The largest absolute Gasteiger partial charge is 0.278 e. The molecular formula is C26H32ClN3O2S. The first-order chi connectivity index (χ1) is 15.5. The van der Waals surface area contributed by atoms with Crippen molar-refractivity contribution >= 4 is 39.3 Å². The molecule has 1 aliphatic rings. The van der Waals surface area contributed by atoms with E-state index in [9.17, 15) is 9.11 Å². The lowest BCUT2D eigenvalue weighted by Crippen LogP contribution is -2.14. The van der Waals surface area contributed by atoms with Crippen molar-refractivity contribution in [2.24, 2.45) is 11.8 Å². The van der Waals surface area contributed by atoms with Crippen LogP contribution in [0.25, 0.3) is 11.1 Å². The average Bonchev–Trinajstić information content (AvgIpc) is 3.22. The number of benzene rings is 1. The number of pyridine rings is 1. The van der Waals surface area contributed by atoms with E-state index in [1.807, 2.05) is 18.2 Å². The lowest BCUT2D eigenvalue weighted by Gasteiger charge is -2.34. The van der Waals surface area contributed by atoms with Gasteiger partial charge in [0.1, 0.15) is 5.82 Å². The number of hydrogen-bond acceptors (Lipinski definition) is 4. The molecule has 1 aliphatic carbocycles. The van der Waals surface area contributed by atoms with Crippen molar-refractivity contribution in [2.45, 2.75) is 51.3 Å². The van der Waals surface area contributed by atoms with E-state index in [-0.39, 0.29) is 5.41 Å². The molecule has 7 heteroatoms. The van der Waals surface area contributed by atoms with Crippen molar-refractivity contribution in [3.8, 4) is 0 Å². The van der Waals surface area contributed by atoms with Crippen LogP contribution in [-0.2, 0) is 5.41 Å². The molecule has 3 aromatic rings. The summed E-state index contributed by atoms with van der Waals surface area (Å²) in [7, 11) is -3.30. The van der Waals surface area contributed by atoms with E-state index in [1.165, 1.54) is 0 Å². The van der Waals surface area contributed by atoms with Gasteiger partial charge in [0.15, 0.2) is 0 Å². The van der Waals surface area contributed by atoms with Crippen LogP contribution in [0.1, 0.15) is 52.3 Å². The Morgan fingerprint density at radius 3 is 2.42 bits per heavy atom. The molecule has 4 rings (SSSR count). The van der Waals surface area contributed by atoms with Crippen LogP contribution in [0.3, 0.4) is 0 Å². The number of fused-ring (bicyclic) bond motifs is 1. The molecule has 0 amide bonds. The Kier molecular flexibility index (Phi) is 6.40. The molecule has 2 unspecified atom stereocenters.